The van der Waals surface area contributed by atoms with Gasteiger partial charge < -0.3 is 4.90 Å². The average Bonchev–Trinajstić information content (AvgIpc) is 2.36. The molecule has 1 aromatic rings. The summed E-state index contributed by atoms with van der Waals surface area (Å²) in [7, 11) is 0. The predicted molar refractivity (Wildman–Crippen MR) is 72.4 cm³/mol. The Labute approximate surface area is 112 Å². The van der Waals surface area contributed by atoms with Gasteiger partial charge in [0.15, 0.2) is 5.78 Å². The number of benzene rings is 1. The van der Waals surface area contributed by atoms with E-state index in [1.165, 1.54) is 0 Å². The lowest BCUT2D eigenvalue weighted by Gasteiger charge is -2.28. The van der Waals surface area contributed by atoms with Gasteiger partial charge in [0.25, 0.3) is 0 Å². The number of hydrogen-bond acceptors (Lipinski definition) is 2. The maximum absolute atomic E-state index is 11.8. The van der Waals surface area contributed by atoms with Crippen molar-refractivity contribution in [3.8, 4) is 0 Å². The van der Waals surface area contributed by atoms with E-state index >= 15 is 0 Å². The van der Waals surface area contributed by atoms with Gasteiger partial charge in [0.2, 0.25) is 5.91 Å². The van der Waals surface area contributed by atoms with Crippen molar-refractivity contribution in [2.75, 3.05) is 11.4 Å². The molecule has 1 amide bonds. The molecule has 1 aliphatic rings. The van der Waals surface area contributed by atoms with E-state index < -0.39 is 5.38 Å². The number of fused-ring (bicyclic) bond motifs is 1. The van der Waals surface area contributed by atoms with Crippen molar-refractivity contribution in [1.29, 1.82) is 0 Å². The molecule has 4 heteroatoms. The number of amides is 1. The number of Topliss-reactive ketones (excluding diaryl/α,β-unsaturated/α-hetero) is 1. The van der Waals surface area contributed by atoms with Crippen LogP contribution < -0.4 is 4.90 Å². The summed E-state index contributed by atoms with van der Waals surface area (Å²) in [5.41, 5.74) is 2.61. The standard InChI is InChI=1S/C14H16ClNO2/c1-9(15)14(18)12-5-6-13-11(8-12)4-3-7-16(13)10(2)17/h5-6,8-9H,3-4,7H2,1-2H3. The van der Waals surface area contributed by atoms with E-state index in [0.29, 0.717) is 5.56 Å². The molecule has 0 bridgehead atoms. The number of carbonyl (C=O) groups excluding carboxylic acids is 2. The fraction of sp³-hybridized carbons (Fsp3) is 0.429. The molecule has 0 saturated heterocycles. The number of rotatable bonds is 2. The largest absolute Gasteiger partial charge is 0.312 e. The van der Waals surface area contributed by atoms with Gasteiger partial charge >= 0.3 is 0 Å². The molecular weight excluding hydrogens is 250 g/mol. The molecule has 0 aromatic heterocycles. The van der Waals surface area contributed by atoms with Crippen molar-refractivity contribution in [3.63, 3.8) is 0 Å². The summed E-state index contributed by atoms with van der Waals surface area (Å²) in [4.78, 5) is 25.1. The van der Waals surface area contributed by atoms with Crippen molar-refractivity contribution in [2.24, 2.45) is 0 Å². The summed E-state index contributed by atoms with van der Waals surface area (Å²) in [6.45, 7) is 3.99. The summed E-state index contributed by atoms with van der Waals surface area (Å²) in [5, 5.41) is -0.518. The SMILES string of the molecule is CC(=O)N1CCCc2cc(C(=O)C(C)Cl)ccc21. The molecule has 1 heterocycles. The molecule has 1 aliphatic heterocycles. The summed E-state index contributed by atoms with van der Waals surface area (Å²) in [6, 6.07) is 5.47. The Morgan fingerprint density at radius 1 is 1.39 bits per heavy atom. The number of halogens is 1. The van der Waals surface area contributed by atoms with Crippen molar-refractivity contribution in [2.45, 2.75) is 32.1 Å². The summed E-state index contributed by atoms with van der Waals surface area (Å²) in [5.74, 6) is -0.0276. The molecule has 0 spiro atoms. The second-order valence-electron chi connectivity index (χ2n) is 4.60. The van der Waals surface area contributed by atoms with Crippen LogP contribution in [0.2, 0.25) is 0 Å². The van der Waals surface area contributed by atoms with Crippen molar-refractivity contribution >= 4 is 29.0 Å². The number of ketones is 1. The molecule has 0 N–H and O–H groups in total. The lowest BCUT2D eigenvalue weighted by Crippen LogP contribution is -2.33. The molecule has 3 nitrogen and oxygen atoms in total. The zero-order valence-corrected chi connectivity index (χ0v) is 11.3. The highest BCUT2D eigenvalue weighted by atomic mass is 35.5. The third-order valence-electron chi connectivity index (χ3n) is 3.22. The molecule has 1 unspecified atom stereocenters. The smallest absolute Gasteiger partial charge is 0.223 e. The van der Waals surface area contributed by atoms with Crippen LogP contribution in [0.5, 0.6) is 0 Å². The number of anilines is 1. The zero-order valence-electron chi connectivity index (χ0n) is 10.6. The van der Waals surface area contributed by atoms with E-state index in [1.807, 2.05) is 12.1 Å². The monoisotopic (exact) mass is 265 g/mol. The second-order valence-corrected chi connectivity index (χ2v) is 5.25. The first-order valence-corrected chi connectivity index (χ1v) is 6.53. The Morgan fingerprint density at radius 3 is 2.72 bits per heavy atom. The molecule has 96 valence electrons. The van der Waals surface area contributed by atoms with Gasteiger partial charge in [-0.15, -0.1) is 11.6 Å². The Morgan fingerprint density at radius 2 is 2.11 bits per heavy atom. The minimum atomic E-state index is -0.518. The Hall–Kier alpha value is -1.35. The maximum atomic E-state index is 11.8. The lowest BCUT2D eigenvalue weighted by atomic mass is 9.97. The normalized spacial score (nSPS) is 16.1. The summed E-state index contributed by atoms with van der Waals surface area (Å²) >= 11 is 5.81. The fourth-order valence-electron chi connectivity index (χ4n) is 2.31. The summed E-state index contributed by atoms with van der Waals surface area (Å²) < 4.78 is 0. The van der Waals surface area contributed by atoms with Gasteiger partial charge in [-0.2, -0.15) is 0 Å². The number of aryl methyl sites for hydroxylation is 1. The van der Waals surface area contributed by atoms with Gasteiger partial charge in [-0.1, -0.05) is 0 Å². The van der Waals surface area contributed by atoms with E-state index in [9.17, 15) is 9.59 Å². The lowest BCUT2D eigenvalue weighted by molar-refractivity contribution is -0.116. The predicted octanol–water partition coefficient (Wildman–Crippen LogP) is 2.80. The van der Waals surface area contributed by atoms with E-state index in [4.69, 9.17) is 11.6 Å². The fourth-order valence-corrected chi connectivity index (χ4v) is 2.43. The number of carbonyl (C=O) groups is 2. The minimum absolute atomic E-state index is 0.0423. The second kappa shape index (κ2) is 5.11. The quantitative estimate of drug-likeness (QED) is 0.609. The third-order valence-corrected chi connectivity index (χ3v) is 3.42. The highest BCUT2D eigenvalue weighted by molar-refractivity contribution is 6.33. The van der Waals surface area contributed by atoms with Crippen LogP contribution in [-0.2, 0) is 11.2 Å². The Balaban J connectivity index is 2.38. The Bertz CT molecular complexity index is 497. The topological polar surface area (TPSA) is 37.4 Å². The van der Waals surface area contributed by atoms with E-state index in [1.54, 1.807) is 24.8 Å². The van der Waals surface area contributed by atoms with Crippen molar-refractivity contribution < 1.29 is 9.59 Å². The van der Waals surface area contributed by atoms with Crippen LogP contribution >= 0.6 is 11.6 Å². The highest BCUT2D eigenvalue weighted by Gasteiger charge is 2.21. The first-order valence-electron chi connectivity index (χ1n) is 6.10. The molecule has 0 radical (unpaired) electrons. The number of alkyl halides is 1. The van der Waals surface area contributed by atoms with Crippen molar-refractivity contribution in [3.05, 3.63) is 29.3 Å². The molecule has 18 heavy (non-hydrogen) atoms. The maximum Gasteiger partial charge on any atom is 0.223 e. The van der Waals surface area contributed by atoms with Crippen LogP contribution in [0.15, 0.2) is 18.2 Å². The van der Waals surface area contributed by atoms with E-state index in [-0.39, 0.29) is 11.7 Å². The molecule has 2 rings (SSSR count). The number of hydrogen-bond donors (Lipinski definition) is 0. The van der Waals surface area contributed by atoms with Gasteiger partial charge in [0.1, 0.15) is 0 Å². The van der Waals surface area contributed by atoms with Gasteiger partial charge in [-0.05, 0) is 43.5 Å². The van der Waals surface area contributed by atoms with Crippen LogP contribution in [0.4, 0.5) is 5.69 Å². The molecule has 1 atom stereocenters. The van der Waals surface area contributed by atoms with Gasteiger partial charge in [0, 0.05) is 24.7 Å². The van der Waals surface area contributed by atoms with Gasteiger partial charge in [-0.25, -0.2) is 0 Å². The van der Waals surface area contributed by atoms with Crippen LogP contribution in [0.1, 0.15) is 36.2 Å². The highest BCUT2D eigenvalue weighted by Crippen LogP contribution is 2.28. The first-order chi connectivity index (χ1) is 8.50. The van der Waals surface area contributed by atoms with Gasteiger partial charge in [-0.3, -0.25) is 9.59 Å². The molecule has 0 fully saturated rings. The molecule has 0 aliphatic carbocycles. The molecule has 0 saturated carbocycles. The molecule has 1 aromatic carbocycles. The van der Waals surface area contributed by atoms with E-state index in [0.717, 1.165) is 30.6 Å². The van der Waals surface area contributed by atoms with Crippen LogP contribution in [-0.4, -0.2) is 23.6 Å². The minimum Gasteiger partial charge on any atom is -0.312 e. The van der Waals surface area contributed by atoms with Gasteiger partial charge in [0.05, 0.1) is 5.38 Å². The Kier molecular flexibility index (Phi) is 3.71. The third kappa shape index (κ3) is 2.41. The van der Waals surface area contributed by atoms with Crippen LogP contribution in [0.3, 0.4) is 0 Å². The van der Waals surface area contributed by atoms with Crippen LogP contribution in [0.25, 0.3) is 0 Å². The summed E-state index contributed by atoms with van der Waals surface area (Å²) in [6.07, 6.45) is 1.83. The zero-order chi connectivity index (χ0) is 13.3. The molecular formula is C14H16ClNO2. The van der Waals surface area contributed by atoms with E-state index in [2.05, 4.69) is 0 Å². The first kappa shape index (κ1) is 13.1. The number of nitrogens with zero attached hydrogens (tertiary/aromatic N) is 1. The average molecular weight is 266 g/mol. The van der Waals surface area contributed by atoms with Crippen molar-refractivity contribution in [1.82, 2.24) is 0 Å². The van der Waals surface area contributed by atoms with Crippen LogP contribution in [0, 0.1) is 0 Å².